The lowest BCUT2D eigenvalue weighted by atomic mass is 10.1. The molecule has 1 aliphatic heterocycles. The summed E-state index contributed by atoms with van der Waals surface area (Å²) in [4.78, 5) is 38.2. The molecule has 0 radical (unpaired) electrons. The van der Waals surface area contributed by atoms with E-state index < -0.39 is 17.8 Å². The number of benzene rings is 2. The maximum atomic E-state index is 13.2. The van der Waals surface area contributed by atoms with Crippen LogP contribution in [0, 0.1) is 0 Å². The predicted molar refractivity (Wildman–Crippen MR) is 130 cm³/mol. The van der Waals surface area contributed by atoms with Crippen LogP contribution < -0.4 is 15.0 Å². The van der Waals surface area contributed by atoms with Gasteiger partial charge in [0.15, 0.2) is 5.11 Å². The molecule has 8 nitrogen and oxygen atoms in total. The summed E-state index contributed by atoms with van der Waals surface area (Å²) >= 11 is 11.4. The zero-order valence-corrected chi connectivity index (χ0v) is 19.3. The number of carbonyl (C=O) groups excluding carboxylic acids is 2. The molecule has 4 rings (SSSR count). The third-order valence-electron chi connectivity index (χ3n) is 4.88. The van der Waals surface area contributed by atoms with E-state index in [0.717, 1.165) is 0 Å². The summed E-state index contributed by atoms with van der Waals surface area (Å²) in [7, 11) is 0. The average molecular weight is 497 g/mol. The Morgan fingerprint density at radius 3 is 2.74 bits per heavy atom. The van der Waals surface area contributed by atoms with Gasteiger partial charge in [0.25, 0.3) is 11.8 Å². The second-order valence-corrected chi connectivity index (χ2v) is 7.88. The molecule has 1 aliphatic rings. The number of aromatic carboxylic acids is 1. The molecule has 0 spiro atoms. The standard InChI is InChI=1S/C24H17ClN2O6S/c1-2-32-15-5-3-4-14(11-15)27-22(29)18(21(28)26-24(27)34)12-16-7-9-20(33-16)17-10-13(23(30)31)6-8-19(17)25/h3-12H,2H2,1H3,(H,30,31)(H,26,28,34)/b18-12+. The van der Waals surface area contributed by atoms with E-state index in [4.69, 9.17) is 33.0 Å². The molecule has 34 heavy (non-hydrogen) atoms. The first kappa shape index (κ1) is 23.2. The van der Waals surface area contributed by atoms with E-state index in [1.54, 1.807) is 36.4 Å². The van der Waals surface area contributed by atoms with Crippen molar-refractivity contribution < 1.29 is 28.6 Å². The highest BCUT2D eigenvalue weighted by Gasteiger charge is 2.35. The number of anilines is 1. The minimum atomic E-state index is -1.11. The third-order valence-corrected chi connectivity index (χ3v) is 5.49. The van der Waals surface area contributed by atoms with Crippen molar-refractivity contribution in [1.82, 2.24) is 5.32 Å². The number of rotatable bonds is 6. The van der Waals surface area contributed by atoms with Crippen molar-refractivity contribution in [2.24, 2.45) is 0 Å². The van der Waals surface area contributed by atoms with Crippen molar-refractivity contribution in [1.29, 1.82) is 0 Å². The summed E-state index contributed by atoms with van der Waals surface area (Å²) in [6.45, 7) is 2.29. The molecule has 172 valence electrons. The number of furan rings is 1. The van der Waals surface area contributed by atoms with Gasteiger partial charge in [-0.1, -0.05) is 17.7 Å². The van der Waals surface area contributed by atoms with Crippen LogP contribution in [0.25, 0.3) is 17.4 Å². The fraction of sp³-hybridized carbons (Fsp3) is 0.0833. The summed E-state index contributed by atoms with van der Waals surface area (Å²) in [5, 5.41) is 12.0. The molecular formula is C24H17ClN2O6S. The number of nitrogens with zero attached hydrogens (tertiary/aromatic N) is 1. The summed E-state index contributed by atoms with van der Waals surface area (Å²) in [5.41, 5.74) is 0.642. The Hall–Kier alpha value is -3.95. The summed E-state index contributed by atoms with van der Waals surface area (Å²) < 4.78 is 11.2. The van der Waals surface area contributed by atoms with Crippen LogP contribution in [0.2, 0.25) is 5.02 Å². The number of nitrogens with one attached hydrogen (secondary N) is 1. The van der Waals surface area contributed by atoms with Gasteiger partial charge in [-0.2, -0.15) is 0 Å². The van der Waals surface area contributed by atoms with Gasteiger partial charge in [-0.05, 0) is 67.7 Å². The summed E-state index contributed by atoms with van der Waals surface area (Å²) in [6, 6.07) is 14.1. The molecule has 0 atom stereocenters. The molecule has 2 amide bonds. The molecule has 2 N–H and O–H groups in total. The van der Waals surface area contributed by atoms with Gasteiger partial charge < -0.3 is 14.3 Å². The molecule has 0 aliphatic carbocycles. The largest absolute Gasteiger partial charge is 0.494 e. The Balaban J connectivity index is 1.68. The van der Waals surface area contributed by atoms with Gasteiger partial charge in [0.2, 0.25) is 0 Å². The second kappa shape index (κ2) is 9.50. The van der Waals surface area contributed by atoms with Gasteiger partial charge in [-0.3, -0.25) is 19.8 Å². The highest BCUT2D eigenvalue weighted by atomic mass is 35.5. The van der Waals surface area contributed by atoms with Crippen molar-refractivity contribution in [3.05, 3.63) is 76.5 Å². The number of ether oxygens (including phenoxy) is 1. The van der Waals surface area contributed by atoms with E-state index in [1.807, 2.05) is 6.92 Å². The number of carboxylic acids is 1. The smallest absolute Gasteiger partial charge is 0.335 e. The zero-order chi connectivity index (χ0) is 24.4. The molecule has 2 heterocycles. The van der Waals surface area contributed by atoms with E-state index in [0.29, 0.717) is 23.6 Å². The van der Waals surface area contributed by atoms with E-state index in [1.165, 1.54) is 29.2 Å². The Kier molecular flexibility index (Phi) is 6.49. The van der Waals surface area contributed by atoms with Crippen LogP contribution in [0.5, 0.6) is 5.75 Å². The number of hydrogen-bond donors (Lipinski definition) is 2. The molecule has 1 fully saturated rings. The lowest BCUT2D eigenvalue weighted by molar-refractivity contribution is -0.122. The first-order valence-electron chi connectivity index (χ1n) is 10.1. The number of thiocarbonyl (C=S) groups is 1. The molecular weight excluding hydrogens is 480 g/mol. The molecule has 10 heteroatoms. The molecule has 0 unspecified atom stereocenters. The van der Waals surface area contributed by atoms with Gasteiger partial charge in [0, 0.05) is 11.6 Å². The second-order valence-electron chi connectivity index (χ2n) is 7.09. The number of carbonyl (C=O) groups is 3. The molecule has 0 saturated carbocycles. The van der Waals surface area contributed by atoms with Gasteiger partial charge in [0.1, 0.15) is 22.8 Å². The first-order chi connectivity index (χ1) is 16.3. The molecule has 2 aromatic carbocycles. The van der Waals surface area contributed by atoms with Crippen LogP contribution in [0.4, 0.5) is 5.69 Å². The van der Waals surface area contributed by atoms with Crippen LogP contribution >= 0.6 is 23.8 Å². The lowest BCUT2D eigenvalue weighted by Gasteiger charge is -2.29. The zero-order valence-electron chi connectivity index (χ0n) is 17.7. The van der Waals surface area contributed by atoms with Crippen LogP contribution in [-0.4, -0.2) is 34.6 Å². The first-order valence-corrected chi connectivity index (χ1v) is 10.8. The van der Waals surface area contributed by atoms with Crippen molar-refractivity contribution in [2.45, 2.75) is 6.92 Å². The van der Waals surface area contributed by atoms with Crippen molar-refractivity contribution >= 4 is 58.5 Å². The minimum absolute atomic E-state index is 0.0379. The quantitative estimate of drug-likeness (QED) is 0.293. The fourth-order valence-electron chi connectivity index (χ4n) is 3.34. The number of halogens is 1. The van der Waals surface area contributed by atoms with Crippen molar-refractivity contribution in [3.8, 4) is 17.1 Å². The highest BCUT2D eigenvalue weighted by Crippen LogP contribution is 2.32. The number of hydrogen-bond acceptors (Lipinski definition) is 6. The van der Waals surface area contributed by atoms with Gasteiger partial charge >= 0.3 is 5.97 Å². The number of carboxylic acid groups (broad SMARTS) is 1. The van der Waals surface area contributed by atoms with Crippen molar-refractivity contribution in [3.63, 3.8) is 0 Å². The Morgan fingerprint density at radius 2 is 2.00 bits per heavy atom. The Labute approximate surface area is 204 Å². The monoisotopic (exact) mass is 496 g/mol. The van der Waals surface area contributed by atoms with Crippen LogP contribution in [-0.2, 0) is 9.59 Å². The minimum Gasteiger partial charge on any atom is -0.494 e. The van der Waals surface area contributed by atoms with Gasteiger partial charge in [-0.15, -0.1) is 0 Å². The highest BCUT2D eigenvalue weighted by molar-refractivity contribution is 7.80. The molecule has 1 aromatic heterocycles. The molecule has 3 aromatic rings. The van der Waals surface area contributed by atoms with Gasteiger partial charge in [-0.25, -0.2) is 4.79 Å². The third kappa shape index (κ3) is 4.57. The fourth-order valence-corrected chi connectivity index (χ4v) is 3.83. The van der Waals surface area contributed by atoms with E-state index >= 15 is 0 Å². The summed E-state index contributed by atoms with van der Waals surface area (Å²) in [5.74, 6) is -1.39. The Bertz CT molecular complexity index is 1360. The van der Waals surface area contributed by atoms with Crippen LogP contribution in [0.15, 0.2) is 64.6 Å². The van der Waals surface area contributed by atoms with E-state index in [2.05, 4.69) is 5.32 Å². The topological polar surface area (TPSA) is 109 Å². The van der Waals surface area contributed by atoms with Gasteiger partial charge in [0.05, 0.1) is 22.9 Å². The van der Waals surface area contributed by atoms with E-state index in [-0.39, 0.29) is 32.8 Å². The predicted octanol–water partition coefficient (Wildman–Crippen LogP) is 4.53. The number of amides is 2. The van der Waals surface area contributed by atoms with Crippen LogP contribution in [0.1, 0.15) is 23.0 Å². The van der Waals surface area contributed by atoms with Crippen molar-refractivity contribution in [2.75, 3.05) is 11.5 Å². The lowest BCUT2D eigenvalue weighted by Crippen LogP contribution is -2.54. The molecule has 1 saturated heterocycles. The molecule has 0 bridgehead atoms. The normalized spacial score (nSPS) is 14.9. The maximum Gasteiger partial charge on any atom is 0.335 e. The maximum absolute atomic E-state index is 13.2. The van der Waals surface area contributed by atoms with E-state index in [9.17, 15) is 19.5 Å². The average Bonchev–Trinajstić information content (AvgIpc) is 3.25. The van der Waals surface area contributed by atoms with Crippen LogP contribution in [0.3, 0.4) is 0 Å². The summed E-state index contributed by atoms with van der Waals surface area (Å²) in [6.07, 6.45) is 1.29. The Morgan fingerprint density at radius 1 is 1.21 bits per heavy atom. The SMILES string of the molecule is CCOc1cccc(N2C(=O)/C(=C/c3ccc(-c4cc(C(=O)O)ccc4Cl)o3)C(=O)NC2=S)c1.